The summed E-state index contributed by atoms with van der Waals surface area (Å²) in [5, 5.41) is 0. The number of benzene rings is 6. The highest BCUT2D eigenvalue weighted by Gasteiger charge is 2.25. The lowest BCUT2D eigenvalue weighted by Crippen LogP contribution is -2.19. The van der Waals surface area contributed by atoms with Gasteiger partial charge in [-0.2, -0.15) is 0 Å². The van der Waals surface area contributed by atoms with E-state index in [1.54, 1.807) is 79.9 Å². The highest BCUT2D eigenvalue weighted by molar-refractivity contribution is 5.91. The van der Waals surface area contributed by atoms with E-state index < -0.39 is 12.1 Å². The molecule has 0 amide bonds. The minimum Gasteiger partial charge on any atom is -0.497 e. The average Bonchev–Trinajstić information content (AvgIpc) is 3.22. The van der Waals surface area contributed by atoms with Crippen molar-refractivity contribution in [2.45, 2.75) is 59.3 Å². The Morgan fingerprint density at radius 2 is 0.695 bits per heavy atom. The molecule has 0 saturated heterocycles. The third-order valence-corrected chi connectivity index (χ3v) is 9.17. The maximum atomic E-state index is 12.6. The van der Waals surface area contributed by atoms with E-state index in [2.05, 4.69) is 39.8 Å². The Bertz CT molecular complexity index is 2260. The number of esters is 2. The van der Waals surface area contributed by atoms with E-state index in [9.17, 15) is 19.2 Å². The van der Waals surface area contributed by atoms with Crippen LogP contribution in [0.15, 0.2) is 158 Å². The molecule has 0 fully saturated rings. The van der Waals surface area contributed by atoms with Gasteiger partial charge in [-0.25, -0.2) is 9.59 Å². The van der Waals surface area contributed by atoms with Gasteiger partial charge in [-0.3, -0.25) is 4.79 Å². The SMILES string of the molecule is CC(=O)Oc1ccccc1.CC(C)=O.COc1ccc(C(C)(C)c2ccc(OC(=O)Oc3ccc(C(C)(C)c4ccc(OC(=O)c5ccccc5)cc4)cc3)cc2)cc1. The van der Waals surface area contributed by atoms with Crippen molar-refractivity contribution in [2.24, 2.45) is 0 Å². The number of ether oxygens (including phenoxy) is 5. The number of hydrogen-bond donors (Lipinski definition) is 0. The maximum Gasteiger partial charge on any atom is 0.519 e. The summed E-state index contributed by atoms with van der Waals surface area (Å²) < 4.78 is 26.5. The summed E-state index contributed by atoms with van der Waals surface area (Å²) in [5.41, 5.74) is 4.16. The topological polar surface area (TPSA) is 114 Å². The van der Waals surface area contributed by atoms with Crippen LogP contribution in [0.25, 0.3) is 0 Å². The van der Waals surface area contributed by atoms with Gasteiger partial charge in [0, 0.05) is 17.8 Å². The lowest BCUT2D eigenvalue weighted by Gasteiger charge is -2.26. The molecule has 0 aliphatic rings. The largest absolute Gasteiger partial charge is 0.519 e. The van der Waals surface area contributed by atoms with Crippen LogP contribution in [0.3, 0.4) is 0 Å². The van der Waals surface area contributed by atoms with Crippen molar-refractivity contribution in [3.05, 3.63) is 186 Å². The van der Waals surface area contributed by atoms with Gasteiger partial charge in [0.2, 0.25) is 0 Å². The normalized spacial score (nSPS) is 10.6. The van der Waals surface area contributed by atoms with Crippen LogP contribution < -0.4 is 23.7 Å². The van der Waals surface area contributed by atoms with Crippen molar-refractivity contribution in [1.82, 2.24) is 0 Å². The summed E-state index contributed by atoms with van der Waals surface area (Å²) in [5.74, 6) is 2.13. The fourth-order valence-corrected chi connectivity index (χ4v) is 5.77. The fourth-order valence-electron chi connectivity index (χ4n) is 5.77. The number of carbonyl (C=O) groups is 4. The van der Waals surface area contributed by atoms with Crippen molar-refractivity contribution in [3.63, 3.8) is 0 Å². The molecule has 0 saturated carbocycles. The first-order chi connectivity index (χ1) is 28.1. The molecule has 6 aromatic carbocycles. The zero-order chi connectivity index (χ0) is 43.0. The highest BCUT2D eigenvalue weighted by atomic mass is 16.7. The number of para-hydroxylation sites is 1. The Morgan fingerprint density at radius 1 is 0.390 bits per heavy atom. The molecule has 0 aliphatic carbocycles. The number of ketones is 1. The second-order valence-electron chi connectivity index (χ2n) is 14.6. The minimum atomic E-state index is -0.815. The molecule has 9 heteroatoms. The molecular formula is C50H50O9. The number of carbonyl (C=O) groups excluding carboxylic acids is 4. The third kappa shape index (κ3) is 13.6. The van der Waals surface area contributed by atoms with Crippen molar-refractivity contribution in [1.29, 1.82) is 0 Å². The van der Waals surface area contributed by atoms with Crippen LogP contribution in [-0.2, 0) is 20.4 Å². The van der Waals surface area contributed by atoms with Gasteiger partial charge in [0.05, 0.1) is 12.7 Å². The van der Waals surface area contributed by atoms with Crippen molar-refractivity contribution >= 4 is 23.9 Å². The smallest absolute Gasteiger partial charge is 0.497 e. The lowest BCUT2D eigenvalue weighted by molar-refractivity contribution is -0.131. The van der Waals surface area contributed by atoms with E-state index in [0.717, 1.165) is 28.0 Å². The van der Waals surface area contributed by atoms with Gasteiger partial charge in [-0.05, 0) is 109 Å². The molecule has 304 valence electrons. The summed E-state index contributed by atoms with van der Waals surface area (Å²) in [4.78, 5) is 44.8. The molecular weight excluding hydrogens is 745 g/mol. The van der Waals surface area contributed by atoms with Gasteiger partial charge in [0.1, 0.15) is 34.5 Å². The Morgan fingerprint density at radius 3 is 1.03 bits per heavy atom. The summed E-state index contributed by atoms with van der Waals surface area (Å²) in [6.45, 7) is 12.9. The van der Waals surface area contributed by atoms with E-state index in [1.807, 2.05) is 72.8 Å². The lowest BCUT2D eigenvalue weighted by atomic mass is 9.78. The van der Waals surface area contributed by atoms with Gasteiger partial charge in [-0.15, -0.1) is 0 Å². The minimum absolute atomic E-state index is 0.167. The van der Waals surface area contributed by atoms with Gasteiger partial charge in [0.15, 0.2) is 0 Å². The molecule has 6 aromatic rings. The molecule has 0 heterocycles. The maximum absolute atomic E-state index is 12.6. The van der Waals surface area contributed by atoms with Crippen molar-refractivity contribution in [3.8, 4) is 28.7 Å². The zero-order valence-electron chi connectivity index (χ0n) is 34.7. The molecule has 0 radical (unpaired) electrons. The van der Waals surface area contributed by atoms with E-state index in [4.69, 9.17) is 23.7 Å². The summed E-state index contributed by atoms with van der Waals surface area (Å²) >= 11 is 0. The fraction of sp³-hybridized carbons (Fsp3) is 0.200. The van der Waals surface area contributed by atoms with E-state index in [-0.39, 0.29) is 22.6 Å². The molecule has 0 aromatic heterocycles. The Labute approximate surface area is 346 Å². The number of hydrogen-bond acceptors (Lipinski definition) is 9. The molecule has 0 aliphatic heterocycles. The molecule has 0 bridgehead atoms. The van der Waals surface area contributed by atoms with E-state index in [0.29, 0.717) is 28.6 Å². The quantitative estimate of drug-likeness (QED) is 0.0759. The van der Waals surface area contributed by atoms with Crippen LogP contribution in [0.5, 0.6) is 28.7 Å². The van der Waals surface area contributed by atoms with Crippen LogP contribution in [0.1, 0.15) is 81.1 Å². The molecule has 6 rings (SSSR count). The standard InChI is InChI=1S/C39H36O6.C8H8O2.C3H6O/c1-38(2,28-11-19-32(42-5)20-12-28)30-15-23-34(24-16-30)44-37(41)45-35-25-17-31(18-26-35)39(3,4)29-13-21-33(22-14-29)43-36(40)27-9-7-6-8-10-27;1-7(9)10-8-5-3-2-4-6-8;1-3(2)4/h6-26H,1-5H3;2-6H,1H3;1-2H3. The Hall–Kier alpha value is -7.00. The average molecular weight is 795 g/mol. The second-order valence-corrected chi connectivity index (χ2v) is 14.6. The molecule has 0 spiro atoms. The molecule has 59 heavy (non-hydrogen) atoms. The van der Waals surface area contributed by atoms with Gasteiger partial charge in [0.25, 0.3) is 0 Å². The van der Waals surface area contributed by atoms with Crippen molar-refractivity contribution in [2.75, 3.05) is 7.11 Å². The monoisotopic (exact) mass is 794 g/mol. The van der Waals surface area contributed by atoms with Crippen molar-refractivity contribution < 1.29 is 42.9 Å². The third-order valence-electron chi connectivity index (χ3n) is 9.17. The number of methoxy groups -OCH3 is 1. The van der Waals surface area contributed by atoms with Crippen LogP contribution in [0, 0.1) is 0 Å². The first-order valence-corrected chi connectivity index (χ1v) is 18.9. The number of Topliss-reactive ketones (excluding diaryl/α,β-unsaturated/α-hetero) is 1. The van der Waals surface area contributed by atoms with Crippen LogP contribution >= 0.6 is 0 Å². The zero-order valence-corrected chi connectivity index (χ0v) is 34.7. The van der Waals surface area contributed by atoms with Crippen LogP contribution in [0.4, 0.5) is 4.79 Å². The van der Waals surface area contributed by atoms with Gasteiger partial charge >= 0.3 is 18.1 Å². The van der Waals surface area contributed by atoms with Crippen LogP contribution in [0.2, 0.25) is 0 Å². The molecule has 0 N–H and O–H groups in total. The van der Waals surface area contributed by atoms with E-state index >= 15 is 0 Å². The first-order valence-electron chi connectivity index (χ1n) is 18.9. The Balaban J connectivity index is 0.000000466. The highest BCUT2D eigenvalue weighted by Crippen LogP contribution is 2.35. The first kappa shape index (κ1) is 44.7. The summed E-state index contributed by atoms with van der Waals surface area (Å²) in [6, 6.07) is 48.1. The number of rotatable bonds is 10. The molecule has 0 unspecified atom stereocenters. The summed E-state index contributed by atoms with van der Waals surface area (Å²) in [6.07, 6.45) is -0.815. The second kappa shape index (κ2) is 21.0. The summed E-state index contributed by atoms with van der Waals surface area (Å²) in [7, 11) is 1.65. The van der Waals surface area contributed by atoms with Gasteiger partial charge < -0.3 is 28.5 Å². The molecule has 9 nitrogen and oxygen atoms in total. The predicted octanol–water partition coefficient (Wildman–Crippen LogP) is 11.4. The van der Waals surface area contributed by atoms with Gasteiger partial charge in [-0.1, -0.05) is 113 Å². The van der Waals surface area contributed by atoms with E-state index in [1.165, 1.54) is 20.8 Å². The predicted molar refractivity (Wildman–Crippen MR) is 229 cm³/mol. The molecule has 0 atom stereocenters. The van der Waals surface area contributed by atoms with Crippen LogP contribution in [-0.4, -0.2) is 31.0 Å². The Kier molecular flexibility index (Phi) is 15.9.